The zero-order valence-corrected chi connectivity index (χ0v) is 17.2. The van der Waals surface area contributed by atoms with Crippen LogP contribution >= 0.6 is 0 Å². The van der Waals surface area contributed by atoms with E-state index in [2.05, 4.69) is 0 Å². The maximum absolute atomic E-state index is 12.4. The summed E-state index contributed by atoms with van der Waals surface area (Å²) in [6, 6.07) is 1.05. The second kappa shape index (κ2) is 9.96. The summed E-state index contributed by atoms with van der Waals surface area (Å²) in [7, 11) is 1.29. The van der Waals surface area contributed by atoms with Crippen molar-refractivity contribution < 1.29 is 54.4 Å². The number of aromatic hydroxyl groups is 2. The van der Waals surface area contributed by atoms with Gasteiger partial charge in [-0.05, 0) is 20.3 Å². The van der Waals surface area contributed by atoms with Crippen LogP contribution in [-0.4, -0.2) is 80.4 Å². The van der Waals surface area contributed by atoms with Gasteiger partial charge in [-0.3, -0.25) is 4.79 Å². The van der Waals surface area contributed by atoms with Crippen molar-refractivity contribution in [1.82, 2.24) is 0 Å². The van der Waals surface area contributed by atoms with Gasteiger partial charge in [-0.2, -0.15) is 0 Å². The number of phenolic OH excluding ortho intramolecular Hbond substituents is 2. The van der Waals surface area contributed by atoms with Gasteiger partial charge in [0.05, 0.1) is 13.5 Å². The predicted octanol–water partition coefficient (Wildman–Crippen LogP) is -0.407. The predicted molar refractivity (Wildman–Crippen MR) is 104 cm³/mol. The van der Waals surface area contributed by atoms with E-state index in [4.69, 9.17) is 19.3 Å². The molecule has 1 aliphatic rings. The number of phenols is 2. The molecule has 11 nitrogen and oxygen atoms in total. The second-order valence-electron chi connectivity index (χ2n) is 7.29. The molecule has 0 aromatic heterocycles. The van der Waals surface area contributed by atoms with E-state index in [0.29, 0.717) is 5.56 Å². The van der Waals surface area contributed by atoms with Crippen LogP contribution < -0.4 is 4.74 Å². The monoisotopic (exact) mass is 442 g/mol. The maximum Gasteiger partial charge on any atom is 0.335 e. The molecule has 1 fully saturated rings. The zero-order valence-electron chi connectivity index (χ0n) is 17.2. The van der Waals surface area contributed by atoms with Crippen molar-refractivity contribution in [3.05, 3.63) is 28.8 Å². The van der Waals surface area contributed by atoms with Gasteiger partial charge in [0.15, 0.2) is 6.10 Å². The fourth-order valence-corrected chi connectivity index (χ4v) is 3.10. The number of ether oxygens (including phenoxy) is 3. The van der Waals surface area contributed by atoms with Crippen LogP contribution in [-0.2, 0) is 31.9 Å². The fourth-order valence-electron chi connectivity index (χ4n) is 3.10. The molecule has 11 heteroatoms. The number of carboxylic acids is 1. The molecule has 2 rings (SSSR count). The lowest BCUT2D eigenvalue weighted by Gasteiger charge is -2.37. The number of aliphatic hydroxyl groups is 3. The first-order valence-electron chi connectivity index (χ1n) is 9.33. The third kappa shape index (κ3) is 5.44. The van der Waals surface area contributed by atoms with Crippen LogP contribution in [0, 0.1) is 0 Å². The molecule has 1 saturated heterocycles. The van der Waals surface area contributed by atoms with Crippen LogP contribution in [0.3, 0.4) is 0 Å². The highest BCUT2D eigenvalue weighted by atomic mass is 16.7. The van der Waals surface area contributed by atoms with E-state index in [1.54, 1.807) is 0 Å². The smallest absolute Gasteiger partial charge is 0.335 e. The van der Waals surface area contributed by atoms with Crippen molar-refractivity contribution >= 4 is 11.9 Å². The van der Waals surface area contributed by atoms with Gasteiger partial charge in [-0.25, -0.2) is 4.79 Å². The average molecular weight is 442 g/mol. The van der Waals surface area contributed by atoms with Crippen LogP contribution in [0.15, 0.2) is 17.7 Å². The van der Waals surface area contributed by atoms with Crippen molar-refractivity contribution in [1.29, 1.82) is 0 Å². The summed E-state index contributed by atoms with van der Waals surface area (Å²) in [5.74, 6) is -3.31. The number of aliphatic carboxylic acids is 1. The number of rotatable bonds is 7. The lowest BCUT2D eigenvalue weighted by Crippen LogP contribution is -2.60. The summed E-state index contributed by atoms with van der Waals surface area (Å²) in [5.41, 5.74) is 1.28. The minimum Gasteiger partial charge on any atom is -0.507 e. The van der Waals surface area contributed by atoms with Crippen LogP contribution in [0.1, 0.15) is 25.0 Å². The molecular formula is C20H26O11. The van der Waals surface area contributed by atoms with Gasteiger partial charge in [-0.15, -0.1) is 0 Å². The third-order valence-electron chi connectivity index (χ3n) is 4.74. The summed E-state index contributed by atoms with van der Waals surface area (Å²) in [6.07, 6.45) is -8.08. The quantitative estimate of drug-likeness (QED) is 0.238. The molecule has 6 N–H and O–H groups in total. The Balaban J connectivity index is 2.26. The Morgan fingerprint density at radius 3 is 2.23 bits per heavy atom. The molecule has 1 aliphatic heterocycles. The molecule has 5 atom stereocenters. The van der Waals surface area contributed by atoms with Crippen LogP contribution in [0.25, 0.3) is 0 Å². The van der Waals surface area contributed by atoms with Crippen molar-refractivity contribution in [3.8, 4) is 17.2 Å². The van der Waals surface area contributed by atoms with Gasteiger partial charge in [0.25, 0.3) is 0 Å². The average Bonchev–Trinajstić information content (AvgIpc) is 2.68. The number of allylic oxidation sites excluding steroid dienone is 2. The molecule has 31 heavy (non-hydrogen) atoms. The van der Waals surface area contributed by atoms with Crippen molar-refractivity contribution in [2.45, 2.75) is 57.4 Å². The van der Waals surface area contributed by atoms with E-state index in [1.807, 2.05) is 19.9 Å². The fraction of sp³-hybridized carbons (Fsp3) is 0.500. The van der Waals surface area contributed by atoms with Gasteiger partial charge >= 0.3 is 11.9 Å². The van der Waals surface area contributed by atoms with Gasteiger partial charge < -0.3 is 44.8 Å². The van der Waals surface area contributed by atoms with E-state index >= 15 is 0 Å². The summed E-state index contributed by atoms with van der Waals surface area (Å²) in [5, 5.41) is 58.9. The van der Waals surface area contributed by atoms with Crippen molar-refractivity contribution in [3.63, 3.8) is 0 Å². The maximum atomic E-state index is 12.4. The van der Waals surface area contributed by atoms with Crippen LogP contribution in [0.5, 0.6) is 17.2 Å². The zero-order chi connectivity index (χ0) is 23.5. The first-order chi connectivity index (χ1) is 14.5. The van der Waals surface area contributed by atoms with Gasteiger partial charge in [0, 0.05) is 17.2 Å². The molecule has 1 aromatic carbocycles. The summed E-state index contributed by atoms with van der Waals surface area (Å²) in [4.78, 5) is 23.6. The number of carbonyl (C=O) groups excluding carboxylic acids is 1. The number of aliphatic hydroxyl groups excluding tert-OH is 3. The molecule has 0 bridgehead atoms. The van der Waals surface area contributed by atoms with Crippen molar-refractivity contribution in [2.75, 3.05) is 7.11 Å². The highest BCUT2D eigenvalue weighted by Crippen LogP contribution is 2.39. The molecule has 0 spiro atoms. The Kier molecular flexibility index (Phi) is 7.85. The van der Waals surface area contributed by atoms with Gasteiger partial charge in [-0.1, -0.05) is 11.6 Å². The number of methoxy groups -OCH3 is 1. The summed E-state index contributed by atoms with van der Waals surface area (Å²) in [6.45, 7) is 3.71. The van der Waals surface area contributed by atoms with Crippen molar-refractivity contribution in [2.24, 2.45) is 0 Å². The number of hydrogen-bond acceptors (Lipinski definition) is 10. The SMILES string of the molecule is COc1c(CC=C(C)C)c(O)cc(O)c1CC(=O)OC1OC(C(=O)O)C(O)C(O)C1O. The number of hydrogen-bond donors (Lipinski definition) is 6. The molecule has 5 unspecified atom stereocenters. The summed E-state index contributed by atoms with van der Waals surface area (Å²) < 4.78 is 15.1. The van der Waals surface area contributed by atoms with Gasteiger partial charge in [0.1, 0.15) is 35.6 Å². The normalized spacial score (nSPS) is 25.5. The van der Waals surface area contributed by atoms with Crippen LogP contribution in [0.4, 0.5) is 0 Å². The molecule has 1 heterocycles. The third-order valence-corrected chi connectivity index (χ3v) is 4.74. The largest absolute Gasteiger partial charge is 0.507 e. The topological polar surface area (TPSA) is 183 Å². The summed E-state index contributed by atoms with van der Waals surface area (Å²) >= 11 is 0. The Bertz CT molecular complexity index is 859. The number of benzene rings is 1. The Morgan fingerprint density at radius 2 is 1.68 bits per heavy atom. The minimum absolute atomic E-state index is 0.0110. The lowest BCUT2D eigenvalue weighted by molar-refractivity contribution is -0.286. The standard InChI is InChI=1S/C20H26O11/c1-8(2)4-5-9-11(21)7-12(22)10(17(9)29-3)6-13(23)30-20-16(26)14(24)15(25)18(31-20)19(27)28/h4,7,14-16,18,20-22,24-26H,5-6H2,1-3H3,(H,27,28). The molecule has 0 saturated carbocycles. The van der Waals surface area contributed by atoms with E-state index in [0.717, 1.165) is 11.6 Å². The minimum atomic E-state index is -1.93. The highest BCUT2D eigenvalue weighted by Gasteiger charge is 2.48. The van der Waals surface area contributed by atoms with Gasteiger partial charge in [0.2, 0.25) is 6.29 Å². The lowest BCUT2D eigenvalue weighted by atomic mass is 9.99. The molecular weight excluding hydrogens is 416 g/mol. The number of carboxylic acid groups (broad SMARTS) is 1. The first-order valence-corrected chi connectivity index (χ1v) is 9.33. The Morgan fingerprint density at radius 1 is 1.06 bits per heavy atom. The van der Waals surface area contributed by atoms with Crippen LogP contribution in [0.2, 0.25) is 0 Å². The number of esters is 1. The molecule has 172 valence electrons. The van der Waals surface area contributed by atoms with E-state index in [9.17, 15) is 35.1 Å². The van der Waals surface area contributed by atoms with E-state index < -0.39 is 54.8 Å². The second-order valence-corrected chi connectivity index (χ2v) is 7.29. The van der Waals surface area contributed by atoms with E-state index in [1.165, 1.54) is 7.11 Å². The molecule has 1 aromatic rings. The Labute approximate surface area is 177 Å². The number of carbonyl (C=O) groups is 2. The highest BCUT2D eigenvalue weighted by molar-refractivity contribution is 5.76. The Hall–Kier alpha value is -2.86. The molecule has 0 aliphatic carbocycles. The van der Waals surface area contributed by atoms with E-state index in [-0.39, 0.29) is 23.5 Å². The first kappa shape index (κ1) is 24.4. The molecule has 0 amide bonds. The molecule has 0 radical (unpaired) electrons.